The molecule has 0 aliphatic heterocycles. The highest BCUT2D eigenvalue weighted by Crippen LogP contribution is 2.17. The van der Waals surface area contributed by atoms with Crippen molar-refractivity contribution in [2.45, 2.75) is 13.5 Å². The lowest BCUT2D eigenvalue weighted by atomic mass is 10.1. The van der Waals surface area contributed by atoms with Crippen LogP contribution in [0.1, 0.15) is 11.1 Å². The minimum atomic E-state index is 0.924. The molecule has 0 amide bonds. The zero-order chi connectivity index (χ0) is 13.0. The number of anilines is 2. The van der Waals surface area contributed by atoms with E-state index in [9.17, 15) is 0 Å². The largest absolute Gasteiger partial charge is 0.388 e. The fourth-order valence-corrected chi connectivity index (χ4v) is 2.01. The van der Waals surface area contributed by atoms with Gasteiger partial charge in [-0.2, -0.15) is 0 Å². The van der Waals surface area contributed by atoms with Gasteiger partial charge in [0.25, 0.3) is 0 Å². The van der Waals surface area contributed by atoms with Gasteiger partial charge in [0.15, 0.2) is 0 Å². The SMILES string of the molecule is CNc1ccc(CN(C)c2cccc(C)c2)cc1. The molecule has 0 atom stereocenters. The molecule has 0 aromatic heterocycles. The van der Waals surface area contributed by atoms with Crippen molar-refractivity contribution in [2.75, 3.05) is 24.3 Å². The van der Waals surface area contributed by atoms with Crippen molar-refractivity contribution in [2.24, 2.45) is 0 Å². The third kappa shape index (κ3) is 3.04. The lowest BCUT2D eigenvalue weighted by Crippen LogP contribution is -2.16. The van der Waals surface area contributed by atoms with E-state index in [-0.39, 0.29) is 0 Å². The van der Waals surface area contributed by atoms with Crippen molar-refractivity contribution < 1.29 is 0 Å². The van der Waals surface area contributed by atoms with Gasteiger partial charge in [-0.25, -0.2) is 0 Å². The minimum Gasteiger partial charge on any atom is -0.388 e. The van der Waals surface area contributed by atoms with Gasteiger partial charge in [-0.1, -0.05) is 24.3 Å². The van der Waals surface area contributed by atoms with E-state index in [0.717, 1.165) is 12.2 Å². The molecule has 2 nitrogen and oxygen atoms in total. The first-order valence-corrected chi connectivity index (χ1v) is 6.23. The Morgan fingerprint density at radius 1 is 1.06 bits per heavy atom. The molecule has 0 saturated heterocycles. The summed E-state index contributed by atoms with van der Waals surface area (Å²) in [4.78, 5) is 2.27. The van der Waals surface area contributed by atoms with Gasteiger partial charge in [0.2, 0.25) is 0 Å². The van der Waals surface area contributed by atoms with Crippen LogP contribution in [0.25, 0.3) is 0 Å². The smallest absolute Gasteiger partial charge is 0.0426 e. The molecule has 1 N–H and O–H groups in total. The number of aryl methyl sites for hydroxylation is 1. The summed E-state index contributed by atoms with van der Waals surface area (Å²) in [7, 11) is 4.06. The minimum absolute atomic E-state index is 0.924. The zero-order valence-corrected chi connectivity index (χ0v) is 11.3. The molecule has 0 fully saturated rings. The van der Waals surface area contributed by atoms with Crippen LogP contribution in [0, 0.1) is 6.92 Å². The summed E-state index contributed by atoms with van der Waals surface area (Å²) in [5.41, 5.74) is 5.02. The Kier molecular flexibility index (Phi) is 3.88. The average molecular weight is 240 g/mol. The van der Waals surface area contributed by atoms with Crippen LogP contribution in [-0.4, -0.2) is 14.1 Å². The molecule has 94 valence electrons. The summed E-state index contributed by atoms with van der Waals surface area (Å²) in [5.74, 6) is 0. The Morgan fingerprint density at radius 2 is 1.78 bits per heavy atom. The van der Waals surface area contributed by atoms with Crippen molar-refractivity contribution in [1.82, 2.24) is 0 Å². The Morgan fingerprint density at radius 3 is 2.39 bits per heavy atom. The highest BCUT2D eigenvalue weighted by molar-refractivity contribution is 5.49. The van der Waals surface area contributed by atoms with Gasteiger partial charge < -0.3 is 10.2 Å². The topological polar surface area (TPSA) is 15.3 Å². The van der Waals surface area contributed by atoms with Crippen LogP contribution in [0.5, 0.6) is 0 Å². The normalized spacial score (nSPS) is 10.2. The Bertz CT molecular complexity index is 503. The number of rotatable bonds is 4. The Balaban J connectivity index is 2.08. The number of nitrogens with one attached hydrogen (secondary N) is 1. The van der Waals surface area contributed by atoms with E-state index in [1.807, 2.05) is 7.05 Å². The first kappa shape index (κ1) is 12.5. The maximum atomic E-state index is 3.13. The molecular weight excluding hydrogens is 220 g/mol. The first-order valence-electron chi connectivity index (χ1n) is 6.23. The molecule has 2 heteroatoms. The molecule has 18 heavy (non-hydrogen) atoms. The quantitative estimate of drug-likeness (QED) is 0.877. The molecule has 2 aromatic rings. The molecule has 0 aliphatic rings. The van der Waals surface area contributed by atoms with E-state index in [1.54, 1.807) is 0 Å². The second-order valence-corrected chi connectivity index (χ2v) is 4.64. The van der Waals surface area contributed by atoms with Gasteiger partial charge >= 0.3 is 0 Å². The molecule has 0 aliphatic carbocycles. The van der Waals surface area contributed by atoms with E-state index in [0.29, 0.717) is 0 Å². The van der Waals surface area contributed by atoms with E-state index in [2.05, 4.69) is 72.7 Å². The van der Waals surface area contributed by atoms with Crippen molar-refractivity contribution >= 4 is 11.4 Å². The summed E-state index contributed by atoms with van der Waals surface area (Å²) < 4.78 is 0. The molecular formula is C16H20N2. The molecule has 2 rings (SSSR count). The van der Waals surface area contributed by atoms with E-state index < -0.39 is 0 Å². The predicted octanol–water partition coefficient (Wildman–Crippen LogP) is 3.67. The average Bonchev–Trinajstić information content (AvgIpc) is 2.39. The molecule has 0 heterocycles. The Hall–Kier alpha value is -1.96. The molecule has 0 radical (unpaired) electrons. The van der Waals surface area contributed by atoms with Crippen LogP contribution in [0.2, 0.25) is 0 Å². The fraction of sp³-hybridized carbons (Fsp3) is 0.250. The fourth-order valence-electron chi connectivity index (χ4n) is 2.01. The van der Waals surface area contributed by atoms with E-state index in [1.165, 1.54) is 16.8 Å². The zero-order valence-electron chi connectivity index (χ0n) is 11.3. The van der Waals surface area contributed by atoms with Gasteiger partial charge in [-0.05, 0) is 42.3 Å². The third-order valence-corrected chi connectivity index (χ3v) is 3.10. The monoisotopic (exact) mass is 240 g/mol. The molecule has 0 saturated carbocycles. The summed E-state index contributed by atoms with van der Waals surface area (Å²) in [5, 5.41) is 3.13. The molecule has 2 aromatic carbocycles. The van der Waals surface area contributed by atoms with Gasteiger partial charge in [-0.3, -0.25) is 0 Å². The third-order valence-electron chi connectivity index (χ3n) is 3.10. The summed E-state index contributed by atoms with van der Waals surface area (Å²) in [6.07, 6.45) is 0. The van der Waals surface area contributed by atoms with Crippen LogP contribution in [0.15, 0.2) is 48.5 Å². The Labute approximate surface area is 109 Å². The maximum Gasteiger partial charge on any atom is 0.0426 e. The van der Waals surface area contributed by atoms with Crippen LogP contribution < -0.4 is 10.2 Å². The maximum absolute atomic E-state index is 3.13. The highest BCUT2D eigenvalue weighted by atomic mass is 15.1. The second kappa shape index (κ2) is 5.58. The van der Waals surface area contributed by atoms with Crippen molar-refractivity contribution in [3.05, 3.63) is 59.7 Å². The van der Waals surface area contributed by atoms with Gasteiger partial charge in [-0.15, -0.1) is 0 Å². The number of nitrogens with zero attached hydrogens (tertiary/aromatic N) is 1. The van der Waals surface area contributed by atoms with Gasteiger partial charge in [0.05, 0.1) is 0 Å². The summed E-state index contributed by atoms with van der Waals surface area (Å²) in [6, 6.07) is 17.1. The van der Waals surface area contributed by atoms with Crippen molar-refractivity contribution in [3.8, 4) is 0 Å². The van der Waals surface area contributed by atoms with E-state index >= 15 is 0 Å². The summed E-state index contributed by atoms with van der Waals surface area (Å²) in [6.45, 7) is 3.05. The number of benzene rings is 2. The first-order chi connectivity index (χ1) is 8.69. The van der Waals surface area contributed by atoms with Crippen molar-refractivity contribution in [3.63, 3.8) is 0 Å². The molecule has 0 spiro atoms. The highest BCUT2D eigenvalue weighted by Gasteiger charge is 2.02. The molecule has 0 bridgehead atoms. The van der Waals surface area contributed by atoms with Gasteiger partial charge in [0, 0.05) is 32.0 Å². The second-order valence-electron chi connectivity index (χ2n) is 4.64. The van der Waals surface area contributed by atoms with Crippen LogP contribution in [0.4, 0.5) is 11.4 Å². The lowest BCUT2D eigenvalue weighted by Gasteiger charge is -2.20. The summed E-state index contributed by atoms with van der Waals surface area (Å²) >= 11 is 0. The molecule has 0 unspecified atom stereocenters. The predicted molar refractivity (Wildman–Crippen MR) is 79.3 cm³/mol. The van der Waals surface area contributed by atoms with E-state index in [4.69, 9.17) is 0 Å². The standard InChI is InChI=1S/C16H20N2/c1-13-5-4-6-16(11-13)18(3)12-14-7-9-15(17-2)10-8-14/h4-11,17H,12H2,1-3H3. The lowest BCUT2D eigenvalue weighted by molar-refractivity contribution is 0.922. The van der Waals surface area contributed by atoms with Crippen LogP contribution in [0.3, 0.4) is 0 Å². The number of hydrogen-bond acceptors (Lipinski definition) is 2. The number of hydrogen-bond donors (Lipinski definition) is 1. The van der Waals surface area contributed by atoms with Crippen LogP contribution >= 0.6 is 0 Å². The van der Waals surface area contributed by atoms with Crippen molar-refractivity contribution in [1.29, 1.82) is 0 Å². The van der Waals surface area contributed by atoms with Gasteiger partial charge in [0.1, 0.15) is 0 Å². The van der Waals surface area contributed by atoms with Crippen LogP contribution in [-0.2, 0) is 6.54 Å².